The maximum atomic E-state index is 13.9. The Morgan fingerprint density at radius 3 is 2.44 bits per heavy atom. The molecular weight excluding hydrogens is 622 g/mol. The van der Waals surface area contributed by atoms with Crippen LogP contribution in [0.5, 0.6) is 17.2 Å². The highest BCUT2D eigenvalue weighted by molar-refractivity contribution is 6.31. The monoisotopic (exact) mass is 665 g/mol. The molecule has 6 atom stereocenters. The Balaban J connectivity index is 1.40. The van der Waals surface area contributed by atoms with Crippen molar-refractivity contribution < 1.29 is 49.4 Å². The SMILES string of the molecule is COc1cccc2c1C(=O)c1c(O)c3c(c(O)c1C2=O)CC(O)(C(=O)CO)C[C@@H]3CC1CC(N=C(C)N2CCN(C)CC2)C(O)C(C)O1. The van der Waals surface area contributed by atoms with Crippen LogP contribution in [0, 0.1) is 0 Å². The quantitative estimate of drug-likeness (QED) is 0.144. The van der Waals surface area contributed by atoms with Crippen molar-refractivity contribution in [3.63, 3.8) is 0 Å². The van der Waals surface area contributed by atoms with Crippen LogP contribution in [-0.2, 0) is 16.0 Å². The first-order valence-electron chi connectivity index (χ1n) is 16.3. The smallest absolute Gasteiger partial charge is 0.202 e. The Kier molecular flexibility index (Phi) is 9.11. The second-order valence-electron chi connectivity index (χ2n) is 13.5. The van der Waals surface area contributed by atoms with Crippen LogP contribution in [-0.4, -0.2) is 135 Å². The summed E-state index contributed by atoms with van der Waals surface area (Å²) in [6.07, 6.45) is -2.43. The second kappa shape index (κ2) is 12.9. The maximum Gasteiger partial charge on any atom is 0.202 e. The molecule has 0 radical (unpaired) electrons. The Labute approximate surface area is 278 Å². The summed E-state index contributed by atoms with van der Waals surface area (Å²) in [7, 11) is 3.42. The zero-order valence-corrected chi connectivity index (χ0v) is 27.6. The number of hydrogen-bond donors (Lipinski definition) is 5. The highest BCUT2D eigenvalue weighted by Crippen LogP contribution is 2.53. The Morgan fingerprint density at radius 1 is 1.08 bits per heavy atom. The highest BCUT2D eigenvalue weighted by Gasteiger charge is 2.49. The molecule has 2 aromatic carbocycles. The first-order valence-corrected chi connectivity index (χ1v) is 16.3. The van der Waals surface area contributed by atoms with Gasteiger partial charge in [0.2, 0.25) is 5.78 Å². The zero-order valence-electron chi connectivity index (χ0n) is 27.6. The largest absolute Gasteiger partial charge is 0.507 e. The van der Waals surface area contributed by atoms with Gasteiger partial charge < -0.3 is 44.8 Å². The van der Waals surface area contributed by atoms with Crippen LogP contribution >= 0.6 is 0 Å². The van der Waals surface area contributed by atoms with Gasteiger partial charge in [-0.2, -0.15) is 0 Å². The molecule has 2 aromatic rings. The fourth-order valence-electron chi connectivity index (χ4n) is 7.88. The summed E-state index contributed by atoms with van der Waals surface area (Å²) in [5.74, 6) is -3.37. The van der Waals surface area contributed by atoms with E-state index in [1.807, 2.05) is 6.92 Å². The van der Waals surface area contributed by atoms with Gasteiger partial charge in [0.1, 0.15) is 35.6 Å². The number of benzene rings is 2. The number of ketones is 3. The molecule has 0 saturated carbocycles. The number of phenolic OH excluding ortho intramolecular Hbond substituents is 2. The molecule has 2 saturated heterocycles. The van der Waals surface area contributed by atoms with E-state index in [0.717, 1.165) is 32.0 Å². The first-order chi connectivity index (χ1) is 22.8. The van der Waals surface area contributed by atoms with Crippen LogP contribution in [0.1, 0.15) is 82.0 Å². The molecule has 0 amide bonds. The van der Waals surface area contributed by atoms with Gasteiger partial charge in [-0.25, -0.2) is 0 Å². The number of piperazine rings is 1. The lowest BCUT2D eigenvalue weighted by Crippen LogP contribution is -2.50. The summed E-state index contributed by atoms with van der Waals surface area (Å²) < 4.78 is 11.6. The number of rotatable bonds is 6. The number of phenols is 2. The van der Waals surface area contributed by atoms with Gasteiger partial charge in [0.15, 0.2) is 11.6 Å². The number of Topliss-reactive ketones (excluding diaryl/α,β-unsaturated/α-hetero) is 1. The molecule has 5 unspecified atom stereocenters. The van der Waals surface area contributed by atoms with Crippen molar-refractivity contribution in [2.75, 3.05) is 46.9 Å². The maximum absolute atomic E-state index is 13.9. The van der Waals surface area contributed by atoms with Crippen molar-refractivity contribution in [3.8, 4) is 17.2 Å². The lowest BCUT2D eigenvalue weighted by Gasteiger charge is -2.42. The predicted octanol–water partition coefficient (Wildman–Crippen LogP) is 1.17. The van der Waals surface area contributed by atoms with Crippen molar-refractivity contribution in [1.82, 2.24) is 9.80 Å². The minimum absolute atomic E-state index is 0.0165. The summed E-state index contributed by atoms with van der Waals surface area (Å²) in [5.41, 5.74) is -2.92. The molecule has 0 spiro atoms. The number of likely N-dealkylation sites (N-methyl/N-ethyl adjacent to an activating group) is 1. The Bertz CT molecular complexity index is 1680. The summed E-state index contributed by atoms with van der Waals surface area (Å²) in [4.78, 5) is 49.9. The number of carbonyl (C=O) groups is 3. The van der Waals surface area contributed by atoms with E-state index >= 15 is 0 Å². The van der Waals surface area contributed by atoms with Gasteiger partial charge in [-0.1, -0.05) is 12.1 Å². The van der Waals surface area contributed by atoms with Crippen molar-refractivity contribution in [2.24, 2.45) is 4.99 Å². The van der Waals surface area contributed by atoms with Crippen LogP contribution in [0.15, 0.2) is 23.2 Å². The van der Waals surface area contributed by atoms with E-state index < -0.39 is 83.3 Å². The van der Waals surface area contributed by atoms with E-state index in [1.54, 1.807) is 6.92 Å². The van der Waals surface area contributed by atoms with Crippen LogP contribution in [0.3, 0.4) is 0 Å². The number of amidine groups is 1. The molecule has 0 aromatic heterocycles. The molecule has 13 heteroatoms. The number of aliphatic hydroxyl groups excluding tert-OH is 2. The van der Waals surface area contributed by atoms with Gasteiger partial charge >= 0.3 is 0 Å². The van der Waals surface area contributed by atoms with Crippen LogP contribution in [0.4, 0.5) is 0 Å². The molecule has 48 heavy (non-hydrogen) atoms. The van der Waals surface area contributed by atoms with Crippen LogP contribution in [0.2, 0.25) is 0 Å². The van der Waals surface area contributed by atoms with Crippen LogP contribution < -0.4 is 4.74 Å². The van der Waals surface area contributed by atoms with Gasteiger partial charge in [0.25, 0.3) is 0 Å². The molecule has 13 nitrogen and oxygen atoms in total. The van der Waals surface area contributed by atoms with E-state index in [-0.39, 0.29) is 52.8 Å². The van der Waals surface area contributed by atoms with Crippen LogP contribution in [0.25, 0.3) is 0 Å². The first kappa shape index (κ1) is 34.0. The highest BCUT2D eigenvalue weighted by atomic mass is 16.5. The van der Waals surface area contributed by atoms with Gasteiger partial charge in [-0.05, 0) is 52.1 Å². The summed E-state index contributed by atoms with van der Waals surface area (Å²) in [5, 5.41) is 55.9. The fourth-order valence-corrected chi connectivity index (χ4v) is 7.88. The molecule has 2 aliphatic carbocycles. The van der Waals surface area contributed by atoms with Gasteiger partial charge in [-0.15, -0.1) is 0 Å². The number of nitrogens with zero attached hydrogens (tertiary/aromatic N) is 3. The third kappa shape index (κ3) is 5.67. The number of aromatic hydroxyl groups is 2. The summed E-state index contributed by atoms with van der Waals surface area (Å²) >= 11 is 0. The van der Waals surface area contributed by atoms with Gasteiger partial charge in [0.05, 0.1) is 47.9 Å². The van der Waals surface area contributed by atoms with E-state index in [2.05, 4.69) is 16.8 Å². The molecule has 258 valence electrons. The fraction of sp³-hybridized carbons (Fsp3) is 0.543. The summed E-state index contributed by atoms with van der Waals surface area (Å²) in [6.45, 7) is 6.10. The molecule has 2 fully saturated rings. The van der Waals surface area contributed by atoms with Gasteiger partial charge in [0, 0.05) is 49.3 Å². The second-order valence-corrected chi connectivity index (χ2v) is 13.5. The number of ether oxygens (including phenoxy) is 2. The summed E-state index contributed by atoms with van der Waals surface area (Å²) in [6, 6.07) is 3.96. The number of aliphatic hydroxyl groups is 3. The minimum atomic E-state index is -2.14. The third-order valence-electron chi connectivity index (χ3n) is 10.5. The molecule has 2 aliphatic heterocycles. The lowest BCUT2D eigenvalue weighted by molar-refractivity contribution is -0.144. The zero-order chi connectivity index (χ0) is 34.7. The normalized spacial score (nSPS) is 29.3. The average molecular weight is 666 g/mol. The minimum Gasteiger partial charge on any atom is -0.507 e. The number of hydrogen-bond acceptors (Lipinski definition) is 12. The molecular formula is C35H43N3O10. The van der Waals surface area contributed by atoms with Gasteiger partial charge in [-0.3, -0.25) is 19.4 Å². The topological polar surface area (TPSA) is 190 Å². The number of fused-ring (bicyclic) bond motifs is 3. The Hall–Kier alpha value is -3.88. The number of aliphatic imine (C=N–C) groups is 1. The predicted molar refractivity (Wildman–Crippen MR) is 173 cm³/mol. The molecule has 4 aliphatic rings. The number of carbonyl (C=O) groups excluding carboxylic acids is 3. The van der Waals surface area contributed by atoms with Crippen molar-refractivity contribution >= 4 is 23.2 Å². The third-order valence-corrected chi connectivity index (χ3v) is 10.5. The molecule has 6 rings (SSSR count). The van der Waals surface area contributed by atoms with E-state index in [4.69, 9.17) is 14.5 Å². The van der Waals surface area contributed by atoms with E-state index in [0.29, 0.717) is 0 Å². The molecule has 5 N–H and O–H groups in total. The van der Waals surface area contributed by atoms with Crippen molar-refractivity contribution in [3.05, 3.63) is 51.6 Å². The van der Waals surface area contributed by atoms with E-state index in [9.17, 15) is 39.9 Å². The van der Waals surface area contributed by atoms with E-state index in [1.165, 1.54) is 25.3 Å². The van der Waals surface area contributed by atoms with Crippen molar-refractivity contribution in [2.45, 2.75) is 75.4 Å². The Morgan fingerprint density at radius 2 is 1.77 bits per heavy atom. The number of methoxy groups -OCH3 is 1. The average Bonchev–Trinajstić information content (AvgIpc) is 3.06. The molecule has 0 bridgehead atoms. The standard InChI is InChI=1S/C35H43N3O10/c1-17-30(41)23(36-18(2)38-10-8-37(3)9-11-38)13-20(48-17)12-19-14-35(46,25(40)16-39)15-22-26(19)33(44)29-28(32(22)43)31(42)21-6-5-7-24(47-4)27(21)34(29)45/h5-7,17,19-20,23,30,39,41,43-44,46H,8-16H2,1-4H3/t17?,19-,20?,23?,30?,35?/m0/s1. The molecule has 2 heterocycles. The van der Waals surface area contributed by atoms with Crippen molar-refractivity contribution in [1.29, 1.82) is 0 Å². The lowest BCUT2D eigenvalue weighted by atomic mass is 9.67.